The molecule has 15 heavy (non-hydrogen) atoms. The van der Waals surface area contributed by atoms with Crippen LogP contribution in [0.1, 0.15) is 34.8 Å². The van der Waals surface area contributed by atoms with Crippen LogP contribution >= 0.6 is 11.3 Å². The van der Waals surface area contributed by atoms with Crippen LogP contribution in [0.4, 0.5) is 0 Å². The number of thiophene rings is 1. The average molecular weight is 225 g/mol. The summed E-state index contributed by atoms with van der Waals surface area (Å²) in [5, 5.41) is 2.68. The fraction of sp³-hybridized carbons (Fsp3) is 0.455. The molecule has 1 unspecified atom stereocenters. The first kappa shape index (κ1) is 11.9. The molecular formula is C11H15NO2S. The van der Waals surface area contributed by atoms with E-state index < -0.39 is 6.04 Å². The number of Topliss-reactive ketones (excluding diaryl/α,β-unsaturated/α-hetero) is 1. The van der Waals surface area contributed by atoms with Crippen molar-refractivity contribution in [2.24, 2.45) is 0 Å². The first-order valence-corrected chi connectivity index (χ1v) is 5.76. The number of carbonyl (C=O) groups is 2. The smallest absolute Gasteiger partial charge is 0.261 e. The molecule has 1 atom stereocenters. The Bertz CT molecular complexity index is 370. The highest BCUT2D eigenvalue weighted by atomic mass is 32.1. The molecule has 1 aromatic heterocycles. The highest BCUT2D eigenvalue weighted by molar-refractivity contribution is 7.13. The molecule has 0 aliphatic heterocycles. The molecule has 1 aromatic rings. The molecule has 4 heteroatoms. The topological polar surface area (TPSA) is 46.2 Å². The van der Waals surface area contributed by atoms with E-state index in [1.54, 1.807) is 19.9 Å². The SMILES string of the molecule is CCC(=O)C(C)NC(=O)c1ccc(C)s1. The lowest BCUT2D eigenvalue weighted by Crippen LogP contribution is -2.37. The van der Waals surface area contributed by atoms with E-state index in [0.717, 1.165) is 4.88 Å². The molecule has 0 aliphatic carbocycles. The van der Waals surface area contributed by atoms with Gasteiger partial charge in [-0.15, -0.1) is 11.3 Å². The first-order valence-electron chi connectivity index (χ1n) is 4.94. The number of carbonyl (C=O) groups excluding carboxylic acids is 2. The van der Waals surface area contributed by atoms with Crippen LogP contribution in [0.2, 0.25) is 0 Å². The van der Waals surface area contributed by atoms with Gasteiger partial charge in [-0.05, 0) is 26.0 Å². The third-order valence-corrected chi connectivity index (χ3v) is 3.14. The predicted molar refractivity (Wildman–Crippen MR) is 61.3 cm³/mol. The van der Waals surface area contributed by atoms with E-state index in [9.17, 15) is 9.59 Å². The van der Waals surface area contributed by atoms with Gasteiger partial charge in [0.1, 0.15) is 0 Å². The van der Waals surface area contributed by atoms with Crippen molar-refractivity contribution in [1.82, 2.24) is 5.32 Å². The molecule has 1 heterocycles. The summed E-state index contributed by atoms with van der Waals surface area (Å²) in [5.74, 6) is -0.112. The Morgan fingerprint density at radius 2 is 2.13 bits per heavy atom. The highest BCUT2D eigenvalue weighted by Crippen LogP contribution is 2.14. The average Bonchev–Trinajstić information content (AvgIpc) is 2.63. The third-order valence-electron chi connectivity index (χ3n) is 2.14. The second-order valence-electron chi connectivity index (χ2n) is 3.43. The van der Waals surface area contributed by atoms with Crippen molar-refractivity contribution >= 4 is 23.0 Å². The van der Waals surface area contributed by atoms with E-state index in [0.29, 0.717) is 11.3 Å². The maximum Gasteiger partial charge on any atom is 0.261 e. The van der Waals surface area contributed by atoms with Crippen LogP contribution in [0.15, 0.2) is 12.1 Å². The van der Waals surface area contributed by atoms with Crippen LogP contribution in [0.3, 0.4) is 0 Å². The number of amides is 1. The minimum Gasteiger partial charge on any atom is -0.342 e. The van der Waals surface area contributed by atoms with Gasteiger partial charge in [0, 0.05) is 11.3 Å². The van der Waals surface area contributed by atoms with E-state index in [-0.39, 0.29) is 11.7 Å². The monoisotopic (exact) mass is 225 g/mol. The second kappa shape index (κ2) is 5.07. The van der Waals surface area contributed by atoms with Crippen molar-refractivity contribution < 1.29 is 9.59 Å². The zero-order valence-electron chi connectivity index (χ0n) is 9.16. The van der Waals surface area contributed by atoms with Gasteiger partial charge in [0.05, 0.1) is 10.9 Å². The number of ketones is 1. The van der Waals surface area contributed by atoms with E-state index in [1.807, 2.05) is 13.0 Å². The molecule has 0 radical (unpaired) electrons. The van der Waals surface area contributed by atoms with Gasteiger partial charge < -0.3 is 5.32 Å². The van der Waals surface area contributed by atoms with Crippen molar-refractivity contribution in [1.29, 1.82) is 0 Å². The molecule has 1 rings (SSSR count). The van der Waals surface area contributed by atoms with Gasteiger partial charge in [0.2, 0.25) is 0 Å². The van der Waals surface area contributed by atoms with E-state index in [2.05, 4.69) is 5.32 Å². The minimum absolute atomic E-state index is 0.0524. The molecule has 0 aromatic carbocycles. The fourth-order valence-corrected chi connectivity index (χ4v) is 1.98. The van der Waals surface area contributed by atoms with Crippen molar-refractivity contribution in [3.05, 3.63) is 21.9 Å². The van der Waals surface area contributed by atoms with Gasteiger partial charge in [-0.25, -0.2) is 0 Å². The minimum atomic E-state index is -0.398. The Hall–Kier alpha value is -1.16. The van der Waals surface area contributed by atoms with Crippen molar-refractivity contribution in [3.8, 4) is 0 Å². The van der Waals surface area contributed by atoms with Gasteiger partial charge in [-0.3, -0.25) is 9.59 Å². The van der Waals surface area contributed by atoms with Crippen LogP contribution in [0.5, 0.6) is 0 Å². The first-order chi connectivity index (χ1) is 7.04. The Morgan fingerprint density at radius 3 is 2.60 bits per heavy atom. The molecule has 0 fully saturated rings. The standard InChI is InChI=1S/C11H15NO2S/c1-4-9(13)8(3)12-11(14)10-6-5-7(2)15-10/h5-6,8H,4H2,1-3H3,(H,12,14). The van der Waals surface area contributed by atoms with Crippen molar-refractivity contribution in [2.75, 3.05) is 0 Å². The Labute approximate surface area is 93.5 Å². The van der Waals surface area contributed by atoms with Crippen LogP contribution in [-0.2, 0) is 4.79 Å². The van der Waals surface area contributed by atoms with Crippen molar-refractivity contribution in [3.63, 3.8) is 0 Å². The number of aryl methyl sites for hydroxylation is 1. The maximum atomic E-state index is 11.6. The van der Waals surface area contributed by atoms with E-state index >= 15 is 0 Å². The van der Waals surface area contributed by atoms with Crippen LogP contribution in [-0.4, -0.2) is 17.7 Å². The fourth-order valence-electron chi connectivity index (χ4n) is 1.21. The molecule has 0 saturated heterocycles. The van der Waals surface area contributed by atoms with Gasteiger partial charge in [0.15, 0.2) is 5.78 Å². The van der Waals surface area contributed by atoms with E-state index in [1.165, 1.54) is 11.3 Å². The summed E-state index contributed by atoms with van der Waals surface area (Å²) in [4.78, 5) is 24.7. The lowest BCUT2D eigenvalue weighted by molar-refractivity contribution is -0.120. The quantitative estimate of drug-likeness (QED) is 0.853. The van der Waals surface area contributed by atoms with E-state index in [4.69, 9.17) is 0 Å². The predicted octanol–water partition coefficient (Wildman–Crippen LogP) is 2.15. The third kappa shape index (κ3) is 3.16. The molecule has 0 aliphatic rings. The number of nitrogens with one attached hydrogen (secondary N) is 1. The molecule has 3 nitrogen and oxygen atoms in total. The maximum absolute atomic E-state index is 11.6. The summed E-state index contributed by atoms with van der Waals surface area (Å²) < 4.78 is 0. The number of hydrogen-bond acceptors (Lipinski definition) is 3. The summed E-state index contributed by atoms with van der Waals surface area (Å²) in [7, 11) is 0. The summed E-state index contributed by atoms with van der Waals surface area (Å²) >= 11 is 1.43. The van der Waals surface area contributed by atoms with Gasteiger partial charge >= 0.3 is 0 Å². The largest absolute Gasteiger partial charge is 0.342 e. The van der Waals surface area contributed by atoms with Gasteiger partial charge in [-0.1, -0.05) is 6.92 Å². The summed E-state index contributed by atoms with van der Waals surface area (Å²) in [6.07, 6.45) is 0.449. The van der Waals surface area contributed by atoms with Crippen LogP contribution < -0.4 is 5.32 Å². The zero-order valence-corrected chi connectivity index (χ0v) is 9.98. The summed E-state index contributed by atoms with van der Waals surface area (Å²) in [6.45, 7) is 5.45. The molecular weight excluding hydrogens is 210 g/mol. The van der Waals surface area contributed by atoms with Crippen molar-refractivity contribution in [2.45, 2.75) is 33.2 Å². The summed E-state index contributed by atoms with van der Waals surface area (Å²) in [6, 6.07) is 3.27. The second-order valence-corrected chi connectivity index (χ2v) is 4.71. The molecule has 1 N–H and O–H groups in total. The lowest BCUT2D eigenvalue weighted by atomic mass is 10.2. The number of hydrogen-bond donors (Lipinski definition) is 1. The zero-order chi connectivity index (χ0) is 11.4. The molecule has 82 valence electrons. The Morgan fingerprint density at radius 1 is 1.47 bits per heavy atom. The molecule has 1 amide bonds. The molecule has 0 saturated carbocycles. The van der Waals surface area contributed by atoms with Gasteiger partial charge in [-0.2, -0.15) is 0 Å². The van der Waals surface area contributed by atoms with Gasteiger partial charge in [0.25, 0.3) is 5.91 Å². The number of rotatable bonds is 4. The van der Waals surface area contributed by atoms with Crippen LogP contribution in [0, 0.1) is 6.92 Å². The molecule has 0 spiro atoms. The summed E-state index contributed by atoms with van der Waals surface area (Å²) in [5.41, 5.74) is 0. The Kier molecular flexibility index (Phi) is 4.03. The molecule has 0 bridgehead atoms. The van der Waals surface area contributed by atoms with Crippen LogP contribution in [0.25, 0.3) is 0 Å². The Balaban J connectivity index is 2.60. The lowest BCUT2D eigenvalue weighted by Gasteiger charge is -2.10. The normalized spacial score (nSPS) is 12.2. The highest BCUT2D eigenvalue weighted by Gasteiger charge is 2.15.